The Morgan fingerprint density at radius 2 is 1.75 bits per heavy atom. The van der Waals surface area contributed by atoms with E-state index in [0.29, 0.717) is 17.6 Å². The highest BCUT2D eigenvalue weighted by molar-refractivity contribution is 9.10. The van der Waals surface area contributed by atoms with E-state index in [1.165, 1.54) is 0 Å². The van der Waals surface area contributed by atoms with Gasteiger partial charge in [-0.05, 0) is 63.3 Å². The number of nitrogens with zero attached hydrogens (tertiary/aromatic N) is 3. The van der Waals surface area contributed by atoms with Gasteiger partial charge in [-0.3, -0.25) is 4.79 Å². The molecular formula is C21H28BrN5O. The van der Waals surface area contributed by atoms with E-state index < -0.39 is 0 Å². The smallest absolute Gasteiger partial charge is 0.251 e. The Balaban J connectivity index is 1.53. The van der Waals surface area contributed by atoms with Gasteiger partial charge < -0.3 is 15.5 Å². The molecule has 1 aromatic carbocycles. The number of anilines is 2. The summed E-state index contributed by atoms with van der Waals surface area (Å²) < 4.78 is 1.02. The van der Waals surface area contributed by atoms with Gasteiger partial charge in [0.2, 0.25) is 5.95 Å². The Kier molecular flexibility index (Phi) is 6.54. The summed E-state index contributed by atoms with van der Waals surface area (Å²) in [6.07, 6.45) is 3.87. The molecule has 0 bridgehead atoms. The molecule has 1 aliphatic carbocycles. The van der Waals surface area contributed by atoms with Crippen molar-refractivity contribution in [3.63, 3.8) is 0 Å². The van der Waals surface area contributed by atoms with E-state index >= 15 is 0 Å². The minimum atomic E-state index is 0.00431. The van der Waals surface area contributed by atoms with Crippen LogP contribution in [0.2, 0.25) is 0 Å². The van der Waals surface area contributed by atoms with E-state index in [4.69, 9.17) is 0 Å². The molecule has 0 radical (unpaired) electrons. The lowest BCUT2D eigenvalue weighted by Crippen LogP contribution is -2.40. The highest BCUT2D eigenvalue weighted by Gasteiger charge is 2.23. The summed E-state index contributed by atoms with van der Waals surface area (Å²) >= 11 is 3.48. The number of benzene rings is 1. The van der Waals surface area contributed by atoms with Crippen molar-refractivity contribution in [2.45, 2.75) is 51.6 Å². The Morgan fingerprint density at radius 3 is 2.39 bits per heavy atom. The van der Waals surface area contributed by atoms with Crippen LogP contribution in [0.25, 0.3) is 0 Å². The van der Waals surface area contributed by atoms with E-state index in [0.717, 1.165) is 47.2 Å². The lowest BCUT2D eigenvalue weighted by atomic mass is 9.91. The number of aryl methyl sites for hydroxylation is 2. The molecular weight excluding hydrogens is 418 g/mol. The molecule has 1 aliphatic rings. The number of aromatic nitrogens is 2. The number of rotatable bonds is 5. The van der Waals surface area contributed by atoms with Gasteiger partial charge in [0.1, 0.15) is 5.82 Å². The Bertz CT molecular complexity index is 847. The summed E-state index contributed by atoms with van der Waals surface area (Å²) in [7, 11) is 3.96. The fraction of sp³-hybridized carbons (Fsp3) is 0.476. The van der Waals surface area contributed by atoms with Crippen LogP contribution >= 0.6 is 15.9 Å². The molecule has 0 aliphatic heterocycles. The van der Waals surface area contributed by atoms with Gasteiger partial charge in [-0.25, -0.2) is 4.98 Å². The van der Waals surface area contributed by atoms with Crippen molar-refractivity contribution in [1.82, 2.24) is 15.3 Å². The molecule has 0 saturated heterocycles. The number of hydrogen-bond donors (Lipinski definition) is 2. The standard InChI is InChI=1S/C21H28BrN5O/c1-13-11-15(5-10-18(13)22)20(28)24-16-6-8-17(9-7-16)25-21-23-14(2)12-19(26-21)27(3)4/h5,10-12,16-17H,6-9H2,1-4H3,(H,24,28)(H,23,25,26)/t16-,17+. The topological polar surface area (TPSA) is 70.2 Å². The van der Waals surface area contributed by atoms with E-state index in [-0.39, 0.29) is 11.9 Å². The number of halogens is 1. The number of carbonyl (C=O) groups is 1. The Morgan fingerprint density at radius 1 is 1.07 bits per heavy atom. The maximum atomic E-state index is 12.5. The second kappa shape index (κ2) is 8.90. The molecule has 1 heterocycles. The van der Waals surface area contributed by atoms with Crippen molar-refractivity contribution in [2.75, 3.05) is 24.3 Å². The minimum Gasteiger partial charge on any atom is -0.363 e. The third-order valence-electron chi connectivity index (χ3n) is 5.11. The summed E-state index contributed by atoms with van der Waals surface area (Å²) in [6, 6.07) is 8.22. The molecule has 1 saturated carbocycles. The molecule has 1 amide bonds. The molecule has 150 valence electrons. The average Bonchev–Trinajstić information content (AvgIpc) is 2.65. The first-order valence-electron chi connectivity index (χ1n) is 9.68. The largest absolute Gasteiger partial charge is 0.363 e. The van der Waals surface area contributed by atoms with Gasteiger partial charge >= 0.3 is 0 Å². The van der Waals surface area contributed by atoms with Crippen LogP contribution < -0.4 is 15.5 Å². The van der Waals surface area contributed by atoms with Gasteiger partial charge in [-0.15, -0.1) is 0 Å². The first-order chi connectivity index (χ1) is 13.3. The van der Waals surface area contributed by atoms with Crippen LogP contribution in [0.5, 0.6) is 0 Å². The van der Waals surface area contributed by atoms with Gasteiger partial charge in [-0.1, -0.05) is 15.9 Å². The Hall–Kier alpha value is -2.15. The zero-order chi connectivity index (χ0) is 20.3. The van der Waals surface area contributed by atoms with E-state index in [1.807, 2.05) is 57.1 Å². The molecule has 2 aromatic rings. The second-order valence-electron chi connectivity index (χ2n) is 7.72. The van der Waals surface area contributed by atoms with Crippen molar-refractivity contribution in [3.8, 4) is 0 Å². The second-order valence-corrected chi connectivity index (χ2v) is 8.57. The maximum Gasteiger partial charge on any atom is 0.251 e. The molecule has 3 rings (SSSR count). The molecule has 6 nitrogen and oxygen atoms in total. The third kappa shape index (κ3) is 5.22. The van der Waals surface area contributed by atoms with Crippen molar-refractivity contribution in [1.29, 1.82) is 0 Å². The SMILES string of the molecule is Cc1cc(N(C)C)nc(N[C@H]2CC[C@@H](NC(=O)c3ccc(Br)c(C)c3)CC2)n1. The van der Waals surface area contributed by atoms with Gasteiger partial charge in [0.15, 0.2) is 0 Å². The van der Waals surface area contributed by atoms with Crippen molar-refractivity contribution in [3.05, 3.63) is 45.6 Å². The number of amides is 1. The molecule has 7 heteroatoms. The van der Waals surface area contributed by atoms with Gasteiger partial charge in [0.05, 0.1) is 0 Å². The summed E-state index contributed by atoms with van der Waals surface area (Å²) in [5.41, 5.74) is 2.73. The summed E-state index contributed by atoms with van der Waals surface area (Å²) in [6.45, 7) is 3.98. The van der Waals surface area contributed by atoms with Gasteiger partial charge in [0.25, 0.3) is 5.91 Å². The van der Waals surface area contributed by atoms with Crippen LogP contribution in [-0.4, -0.2) is 42.1 Å². The molecule has 1 fully saturated rings. The fourth-order valence-electron chi connectivity index (χ4n) is 3.46. The summed E-state index contributed by atoms with van der Waals surface area (Å²) in [5.74, 6) is 1.59. The van der Waals surface area contributed by atoms with Crippen LogP contribution in [0.4, 0.5) is 11.8 Å². The summed E-state index contributed by atoms with van der Waals surface area (Å²) in [5, 5.41) is 6.65. The molecule has 0 unspecified atom stereocenters. The van der Waals surface area contributed by atoms with Crippen LogP contribution in [-0.2, 0) is 0 Å². The van der Waals surface area contributed by atoms with Crippen LogP contribution in [0.15, 0.2) is 28.7 Å². The lowest BCUT2D eigenvalue weighted by Gasteiger charge is -2.30. The third-order valence-corrected chi connectivity index (χ3v) is 6.00. The van der Waals surface area contributed by atoms with Crippen molar-refractivity contribution in [2.24, 2.45) is 0 Å². The first-order valence-corrected chi connectivity index (χ1v) is 10.5. The average molecular weight is 446 g/mol. The fourth-order valence-corrected chi connectivity index (χ4v) is 3.71. The minimum absolute atomic E-state index is 0.00431. The molecule has 28 heavy (non-hydrogen) atoms. The summed E-state index contributed by atoms with van der Waals surface area (Å²) in [4.78, 5) is 23.6. The number of nitrogens with one attached hydrogen (secondary N) is 2. The van der Waals surface area contributed by atoms with Crippen molar-refractivity contribution < 1.29 is 4.79 Å². The highest BCUT2D eigenvalue weighted by atomic mass is 79.9. The predicted octanol–water partition coefficient (Wildman–Crippen LogP) is 4.08. The zero-order valence-corrected chi connectivity index (χ0v) is 18.5. The number of hydrogen-bond acceptors (Lipinski definition) is 5. The van der Waals surface area contributed by atoms with E-state index in [2.05, 4.69) is 36.5 Å². The molecule has 2 N–H and O–H groups in total. The van der Waals surface area contributed by atoms with E-state index in [9.17, 15) is 4.79 Å². The quantitative estimate of drug-likeness (QED) is 0.725. The van der Waals surface area contributed by atoms with E-state index in [1.54, 1.807) is 0 Å². The lowest BCUT2D eigenvalue weighted by molar-refractivity contribution is 0.0926. The zero-order valence-electron chi connectivity index (χ0n) is 16.9. The monoisotopic (exact) mass is 445 g/mol. The molecule has 0 atom stereocenters. The normalized spacial score (nSPS) is 19.2. The molecule has 1 aromatic heterocycles. The predicted molar refractivity (Wildman–Crippen MR) is 117 cm³/mol. The highest BCUT2D eigenvalue weighted by Crippen LogP contribution is 2.23. The first kappa shape index (κ1) is 20.6. The number of carbonyl (C=O) groups excluding carboxylic acids is 1. The molecule has 0 spiro atoms. The Labute approximate surface area is 175 Å². The van der Waals surface area contributed by atoms with Gasteiger partial charge in [0, 0.05) is 48.0 Å². The van der Waals surface area contributed by atoms with Crippen LogP contribution in [0.3, 0.4) is 0 Å². The maximum absolute atomic E-state index is 12.5. The van der Waals surface area contributed by atoms with Crippen LogP contribution in [0, 0.1) is 13.8 Å². The van der Waals surface area contributed by atoms with Gasteiger partial charge in [-0.2, -0.15) is 4.98 Å². The van der Waals surface area contributed by atoms with Crippen LogP contribution in [0.1, 0.15) is 47.3 Å². The van der Waals surface area contributed by atoms with Crippen molar-refractivity contribution >= 4 is 33.6 Å².